The molecule has 1 saturated carbocycles. The fraction of sp³-hybridized carbons (Fsp3) is 0.462. The highest BCUT2D eigenvalue weighted by atomic mass is 32.2. The summed E-state index contributed by atoms with van der Waals surface area (Å²) in [5.41, 5.74) is 2.69. The van der Waals surface area contributed by atoms with E-state index in [-0.39, 0.29) is 42.8 Å². The van der Waals surface area contributed by atoms with Crippen LogP contribution in [0.25, 0.3) is 0 Å². The Morgan fingerprint density at radius 2 is 1.69 bits per heavy atom. The van der Waals surface area contributed by atoms with Crippen molar-refractivity contribution < 1.29 is 33.5 Å². The normalized spacial score (nSPS) is 16.2. The molecule has 54 heavy (non-hydrogen) atoms. The molecule has 3 aromatic rings. The summed E-state index contributed by atoms with van der Waals surface area (Å²) in [6.07, 6.45) is 4.42. The highest BCUT2D eigenvalue weighted by molar-refractivity contribution is 7.89. The topological polar surface area (TPSA) is 197 Å². The second-order valence-corrected chi connectivity index (χ2v) is 16.0. The summed E-state index contributed by atoms with van der Waals surface area (Å²) in [6, 6.07) is 18.0. The first-order valence-electron chi connectivity index (χ1n) is 18.3. The maximum Gasteiger partial charge on any atom is 0.318 e. The smallest absolute Gasteiger partial charge is 0.318 e. The van der Waals surface area contributed by atoms with Crippen LogP contribution in [0, 0.1) is 11.8 Å². The second kappa shape index (κ2) is 20.0. The number of aromatic nitrogens is 1. The quantitative estimate of drug-likeness (QED) is 0.0703. The van der Waals surface area contributed by atoms with Crippen molar-refractivity contribution in [2.24, 2.45) is 22.1 Å². The van der Waals surface area contributed by atoms with Gasteiger partial charge >= 0.3 is 6.03 Å². The SMILES string of the molecule is CC[C@H](C)[C@H](NC(=O)N(C)Cc1cccc(C(C)=NO)n1)C(=O)N[C@@H](Cc1ccccc1)[C@H](O)CN(CC1CCCC1)S(=O)(=O)c1ccc(/C=N/O)cc1. The summed E-state index contributed by atoms with van der Waals surface area (Å²) in [5, 5.41) is 42.0. The molecule has 0 spiro atoms. The average Bonchev–Trinajstić information content (AvgIpc) is 3.69. The Kier molecular flexibility index (Phi) is 15.5. The zero-order valence-corrected chi connectivity index (χ0v) is 32.2. The van der Waals surface area contributed by atoms with Gasteiger partial charge in [-0.3, -0.25) is 4.79 Å². The van der Waals surface area contributed by atoms with E-state index in [1.807, 2.05) is 44.2 Å². The van der Waals surface area contributed by atoms with Gasteiger partial charge in [-0.05, 0) is 73.4 Å². The number of benzene rings is 2. The van der Waals surface area contributed by atoms with Crippen LogP contribution in [0.2, 0.25) is 0 Å². The zero-order chi connectivity index (χ0) is 39.3. The molecule has 1 aliphatic carbocycles. The number of hydrogen-bond acceptors (Lipinski definition) is 10. The summed E-state index contributed by atoms with van der Waals surface area (Å²) in [5.74, 6) is -0.673. The van der Waals surface area contributed by atoms with E-state index in [0.29, 0.717) is 29.1 Å². The average molecular weight is 764 g/mol. The fourth-order valence-electron chi connectivity index (χ4n) is 6.53. The number of sulfonamides is 1. The number of carbonyl (C=O) groups is 2. The van der Waals surface area contributed by atoms with Crippen molar-refractivity contribution in [3.8, 4) is 0 Å². The van der Waals surface area contributed by atoms with Gasteiger partial charge < -0.3 is 31.1 Å². The second-order valence-electron chi connectivity index (χ2n) is 14.0. The first-order chi connectivity index (χ1) is 25.9. The number of carbonyl (C=O) groups excluding carboxylic acids is 2. The third-order valence-corrected chi connectivity index (χ3v) is 11.8. The van der Waals surface area contributed by atoms with E-state index in [1.54, 1.807) is 32.2 Å². The molecule has 0 saturated heterocycles. The van der Waals surface area contributed by atoms with Crippen LogP contribution < -0.4 is 10.6 Å². The number of nitrogens with zero attached hydrogens (tertiary/aromatic N) is 5. The Morgan fingerprint density at radius 3 is 2.31 bits per heavy atom. The molecule has 1 heterocycles. The van der Waals surface area contributed by atoms with Crippen LogP contribution in [0.15, 0.2) is 88.0 Å². The number of oxime groups is 2. The minimum Gasteiger partial charge on any atom is -0.411 e. The summed E-state index contributed by atoms with van der Waals surface area (Å²) < 4.78 is 29.5. The molecule has 0 radical (unpaired) electrons. The van der Waals surface area contributed by atoms with Gasteiger partial charge in [0.15, 0.2) is 0 Å². The van der Waals surface area contributed by atoms with Gasteiger partial charge in [0.1, 0.15) is 11.8 Å². The van der Waals surface area contributed by atoms with Crippen LogP contribution in [-0.4, -0.2) is 100 Å². The highest BCUT2D eigenvalue weighted by Crippen LogP contribution is 2.28. The first kappa shape index (κ1) is 41.9. The zero-order valence-electron chi connectivity index (χ0n) is 31.4. The molecule has 5 N–H and O–H groups in total. The van der Waals surface area contributed by atoms with E-state index in [9.17, 15) is 23.1 Å². The number of aliphatic hydroxyl groups excluding tert-OH is 1. The third-order valence-electron chi connectivity index (χ3n) is 9.99. The lowest BCUT2D eigenvalue weighted by Crippen LogP contribution is -2.58. The van der Waals surface area contributed by atoms with E-state index < -0.39 is 40.1 Å². The Hall–Kier alpha value is -4.86. The molecule has 15 heteroatoms. The maximum absolute atomic E-state index is 14.1. The predicted molar refractivity (Wildman–Crippen MR) is 206 cm³/mol. The molecule has 1 aliphatic rings. The van der Waals surface area contributed by atoms with E-state index >= 15 is 0 Å². The number of hydrogen-bond donors (Lipinski definition) is 5. The van der Waals surface area contributed by atoms with E-state index in [2.05, 4.69) is 25.9 Å². The lowest BCUT2D eigenvalue weighted by molar-refractivity contribution is -0.125. The Labute approximate surface area is 318 Å². The number of urea groups is 1. The van der Waals surface area contributed by atoms with Crippen molar-refractivity contribution in [2.75, 3.05) is 20.1 Å². The van der Waals surface area contributed by atoms with Crippen LogP contribution in [0.4, 0.5) is 4.79 Å². The number of rotatable bonds is 18. The van der Waals surface area contributed by atoms with E-state index in [1.165, 1.54) is 39.7 Å². The minimum absolute atomic E-state index is 0.0358. The summed E-state index contributed by atoms with van der Waals surface area (Å²) >= 11 is 0. The van der Waals surface area contributed by atoms with Gasteiger partial charge in [0, 0.05) is 20.1 Å². The van der Waals surface area contributed by atoms with Gasteiger partial charge in [0.25, 0.3) is 0 Å². The largest absolute Gasteiger partial charge is 0.411 e. The molecule has 4 atom stereocenters. The molecule has 14 nitrogen and oxygen atoms in total. The fourth-order valence-corrected chi connectivity index (χ4v) is 8.07. The van der Waals surface area contributed by atoms with Gasteiger partial charge in [0.2, 0.25) is 15.9 Å². The van der Waals surface area contributed by atoms with Gasteiger partial charge in [-0.25, -0.2) is 18.2 Å². The lowest BCUT2D eigenvalue weighted by atomic mass is 9.96. The van der Waals surface area contributed by atoms with Gasteiger partial charge in [-0.2, -0.15) is 4.31 Å². The monoisotopic (exact) mass is 763 g/mol. The van der Waals surface area contributed by atoms with Crippen molar-refractivity contribution in [1.29, 1.82) is 0 Å². The number of aliphatic hydroxyl groups is 1. The molecular formula is C39H53N7O7S. The molecule has 292 valence electrons. The van der Waals surface area contributed by atoms with Crippen LogP contribution in [0.1, 0.15) is 75.4 Å². The van der Waals surface area contributed by atoms with Crippen molar-refractivity contribution in [3.63, 3.8) is 0 Å². The van der Waals surface area contributed by atoms with Crippen LogP contribution in [-0.2, 0) is 27.8 Å². The number of pyridine rings is 1. The van der Waals surface area contributed by atoms with Crippen molar-refractivity contribution in [1.82, 2.24) is 24.8 Å². The molecule has 1 fully saturated rings. The standard InChI is InChI=1S/C39H53N7O7S/c1-5-27(2)37(43-39(49)45(4)25-32-16-11-17-34(41-32)28(3)44-51)38(48)42-35(22-29-12-7-6-8-13-29)36(47)26-46(24-31-14-9-10-15-31)54(52,53)33-20-18-30(19-21-33)23-40-50/h6-8,11-13,16-21,23,27,31,35-37,47,50-51H,5,9-10,14-15,22,24-26H2,1-4H3,(H,42,48)(H,43,49)/b40-23+,44-28?/t27-,35-,36+,37-/m0/s1. The Balaban J connectivity index is 1.57. The van der Waals surface area contributed by atoms with Gasteiger partial charge in [0.05, 0.1) is 41.2 Å². The molecule has 3 amide bonds. The van der Waals surface area contributed by atoms with Gasteiger partial charge in [-0.15, -0.1) is 0 Å². The van der Waals surface area contributed by atoms with E-state index in [4.69, 9.17) is 10.4 Å². The molecule has 0 aliphatic heterocycles. The van der Waals surface area contributed by atoms with Crippen LogP contribution in [0.5, 0.6) is 0 Å². The molecule has 2 aromatic carbocycles. The molecular weight excluding hydrogens is 711 g/mol. The number of amides is 3. The molecule has 1 aromatic heterocycles. The molecule has 0 unspecified atom stereocenters. The Morgan fingerprint density at radius 1 is 1.00 bits per heavy atom. The lowest BCUT2D eigenvalue weighted by Gasteiger charge is -2.33. The van der Waals surface area contributed by atoms with Crippen LogP contribution in [0.3, 0.4) is 0 Å². The molecule has 0 bridgehead atoms. The van der Waals surface area contributed by atoms with Crippen molar-refractivity contribution in [3.05, 3.63) is 95.3 Å². The van der Waals surface area contributed by atoms with Gasteiger partial charge in [-0.1, -0.05) is 92.0 Å². The highest BCUT2D eigenvalue weighted by Gasteiger charge is 2.35. The minimum atomic E-state index is -4.08. The summed E-state index contributed by atoms with van der Waals surface area (Å²) in [6.45, 7) is 5.43. The maximum atomic E-state index is 14.1. The number of nitrogens with one attached hydrogen (secondary N) is 2. The predicted octanol–water partition coefficient (Wildman–Crippen LogP) is 4.61. The summed E-state index contributed by atoms with van der Waals surface area (Å²) in [7, 11) is -2.50. The Bertz CT molecular complexity index is 1840. The van der Waals surface area contributed by atoms with Crippen molar-refractivity contribution in [2.45, 2.75) is 88.9 Å². The van der Waals surface area contributed by atoms with E-state index in [0.717, 1.165) is 31.2 Å². The third kappa shape index (κ3) is 11.6. The summed E-state index contributed by atoms with van der Waals surface area (Å²) in [4.78, 5) is 33.5. The molecule has 4 rings (SSSR count). The van der Waals surface area contributed by atoms with Crippen molar-refractivity contribution >= 4 is 33.9 Å². The van der Waals surface area contributed by atoms with Crippen LogP contribution >= 0.6 is 0 Å². The first-order valence-corrected chi connectivity index (χ1v) is 19.8.